The number of nitrogens with one attached hydrogen (secondary N) is 1. The number of likely N-dealkylation sites (N-methyl/N-ethyl adjacent to an activating group) is 1. The summed E-state index contributed by atoms with van der Waals surface area (Å²) in [7, 11) is -2.04. The van der Waals surface area contributed by atoms with Gasteiger partial charge in [0.05, 0.1) is 18.1 Å². The Labute approximate surface area is 193 Å². The van der Waals surface area contributed by atoms with Gasteiger partial charge in [0.25, 0.3) is 0 Å². The lowest BCUT2D eigenvalue weighted by Gasteiger charge is -2.34. The second-order valence-corrected chi connectivity index (χ2v) is 9.91. The molecule has 1 aromatic heterocycles. The van der Waals surface area contributed by atoms with E-state index in [0.717, 1.165) is 5.69 Å². The van der Waals surface area contributed by atoms with Crippen LogP contribution >= 0.6 is 11.6 Å². The normalized spacial score (nSPS) is 15.1. The van der Waals surface area contributed by atoms with Crippen molar-refractivity contribution < 1.29 is 18.0 Å². The minimum absolute atomic E-state index is 0.0300. The van der Waals surface area contributed by atoms with Crippen molar-refractivity contribution in [3.63, 3.8) is 0 Å². The largest absolute Gasteiger partial charge is 0.339 e. The molecule has 0 spiro atoms. The minimum atomic E-state index is -3.72. The Kier molecular flexibility index (Phi) is 7.83. The molecule has 1 aromatic carbocycles. The zero-order chi connectivity index (χ0) is 23.3. The van der Waals surface area contributed by atoms with Crippen LogP contribution < -0.4 is 5.32 Å². The quantitative estimate of drug-likeness (QED) is 0.644. The van der Waals surface area contributed by atoms with E-state index in [0.29, 0.717) is 5.82 Å². The zero-order valence-corrected chi connectivity index (χ0v) is 19.6. The summed E-state index contributed by atoms with van der Waals surface area (Å²) in [6, 6.07) is 11.6. The van der Waals surface area contributed by atoms with Gasteiger partial charge in [-0.3, -0.25) is 14.5 Å². The molecule has 0 saturated carbocycles. The number of benzene rings is 1. The number of sulfonamides is 1. The van der Waals surface area contributed by atoms with Gasteiger partial charge >= 0.3 is 0 Å². The van der Waals surface area contributed by atoms with E-state index in [2.05, 4.69) is 10.3 Å². The molecule has 2 aromatic rings. The van der Waals surface area contributed by atoms with E-state index in [9.17, 15) is 18.0 Å². The molecule has 1 saturated heterocycles. The van der Waals surface area contributed by atoms with E-state index >= 15 is 0 Å². The van der Waals surface area contributed by atoms with Gasteiger partial charge in [0.15, 0.2) is 0 Å². The number of pyridine rings is 1. The van der Waals surface area contributed by atoms with Crippen LogP contribution in [0, 0.1) is 6.92 Å². The van der Waals surface area contributed by atoms with Crippen LogP contribution in [0.4, 0.5) is 5.82 Å². The van der Waals surface area contributed by atoms with Crippen LogP contribution in [-0.4, -0.2) is 85.6 Å². The molecule has 1 fully saturated rings. The molecular formula is C21H26ClN5O4S. The van der Waals surface area contributed by atoms with Crippen molar-refractivity contribution in [3.8, 4) is 0 Å². The third kappa shape index (κ3) is 6.04. The first kappa shape index (κ1) is 24.1. The summed E-state index contributed by atoms with van der Waals surface area (Å²) in [4.78, 5) is 32.3. The number of halogens is 1. The highest BCUT2D eigenvalue weighted by Gasteiger charge is 2.31. The second-order valence-electron chi connectivity index (χ2n) is 7.60. The lowest BCUT2D eigenvalue weighted by molar-refractivity contribution is -0.133. The number of anilines is 1. The maximum absolute atomic E-state index is 12.8. The molecule has 2 heterocycles. The third-order valence-electron chi connectivity index (χ3n) is 5.02. The van der Waals surface area contributed by atoms with Crippen LogP contribution in [0.5, 0.6) is 0 Å². The Morgan fingerprint density at radius 1 is 1.06 bits per heavy atom. The van der Waals surface area contributed by atoms with Crippen molar-refractivity contribution in [1.29, 1.82) is 0 Å². The van der Waals surface area contributed by atoms with Crippen LogP contribution in [0.25, 0.3) is 0 Å². The van der Waals surface area contributed by atoms with Gasteiger partial charge in [0, 0.05) is 31.9 Å². The van der Waals surface area contributed by atoms with E-state index in [1.807, 2.05) is 13.0 Å². The molecule has 0 atom stereocenters. The lowest BCUT2D eigenvalue weighted by atomic mass is 10.3. The van der Waals surface area contributed by atoms with Crippen LogP contribution in [0.1, 0.15) is 5.69 Å². The van der Waals surface area contributed by atoms with E-state index in [4.69, 9.17) is 11.6 Å². The van der Waals surface area contributed by atoms with Crippen LogP contribution in [-0.2, 0) is 19.6 Å². The number of hydrogen-bond acceptors (Lipinski definition) is 6. The lowest BCUT2D eigenvalue weighted by Crippen LogP contribution is -2.52. The highest BCUT2D eigenvalue weighted by molar-refractivity contribution is 7.89. The number of amides is 2. The molecule has 1 N–H and O–H groups in total. The van der Waals surface area contributed by atoms with Gasteiger partial charge in [-0.2, -0.15) is 4.31 Å². The Balaban J connectivity index is 1.49. The topological polar surface area (TPSA) is 103 Å². The predicted octanol–water partition coefficient (Wildman–Crippen LogP) is 1.45. The molecule has 1 aliphatic rings. The smallest absolute Gasteiger partial charge is 0.244 e. The number of aryl methyl sites for hydroxylation is 1. The molecule has 0 aliphatic carbocycles. The third-order valence-corrected chi connectivity index (χ3v) is 7.42. The van der Waals surface area contributed by atoms with Crippen LogP contribution in [0.2, 0.25) is 5.02 Å². The maximum Gasteiger partial charge on any atom is 0.244 e. The molecular weight excluding hydrogens is 454 g/mol. The number of carbonyl (C=O) groups excluding carboxylic acids is 2. The number of nitrogens with zero attached hydrogens (tertiary/aromatic N) is 4. The molecule has 3 rings (SSSR count). The summed E-state index contributed by atoms with van der Waals surface area (Å²) < 4.78 is 27.0. The molecule has 0 unspecified atom stereocenters. The van der Waals surface area contributed by atoms with Crippen molar-refractivity contribution in [2.45, 2.75) is 11.8 Å². The SMILES string of the molecule is Cc1cccc(NC(=O)CN(C)CC(=O)N2CCN(S(=O)(=O)c3ccccc3Cl)CC2)n1. The van der Waals surface area contributed by atoms with Gasteiger partial charge in [-0.05, 0) is 38.2 Å². The summed E-state index contributed by atoms with van der Waals surface area (Å²) in [5, 5.41) is 2.88. The summed E-state index contributed by atoms with van der Waals surface area (Å²) in [5.41, 5.74) is 0.794. The van der Waals surface area contributed by atoms with Crippen molar-refractivity contribution in [2.24, 2.45) is 0 Å². The van der Waals surface area contributed by atoms with Crippen molar-refractivity contribution in [2.75, 3.05) is 51.6 Å². The summed E-state index contributed by atoms with van der Waals surface area (Å²) in [6.45, 7) is 2.82. The predicted molar refractivity (Wildman–Crippen MR) is 122 cm³/mol. The molecule has 1 aliphatic heterocycles. The average molecular weight is 480 g/mol. The van der Waals surface area contributed by atoms with Crippen molar-refractivity contribution in [3.05, 3.63) is 53.2 Å². The zero-order valence-electron chi connectivity index (χ0n) is 18.0. The first-order valence-electron chi connectivity index (χ1n) is 10.1. The Morgan fingerprint density at radius 2 is 1.75 bits per heavy atom. The van der Waals surface area contributed by atoms with Gasteiger partial charge in [-0.1, -0.05) is 29.8 Å². The Bertz CT molecular complexity index is 1090. The number of rotatable bonds is 7. The number of hydrogen-bond donors (Lipinski definition) is 1. The fraction of sp³-hybridized carbons (Fsp3) is 0.381. The summed E-state index contributed by atoms with van der Waals surface area (Å²) >= 11 is 6.05. The summed E-state index contributed by atoms with van der Waals surface area (Å²) in [6.07, 6.45) is 0. The fourth-order valence-corrected chi connectivity index (χ4v) is 5.31. The maximum atomic E-state index is 12.8. The fourth-order valence-electron chi connectivity index (χ4n) is 3.40. The first-order valence-corrected chi connectivity index (χ1v) is 11.9. The van der Waals surface area contributed by atoms with Crippen molar-refractivity contribution in [1.82, 2.24) is 19.1 Å². The van der Waals surface area contributed by atoms with Gasteiger partial charge in [-0.15, -0.1) is 0 Å². The monoisotopic (exact) mass is 479 g/mol. The average Bonchev–Trinajstić information content (AvgIpc) is 2.73. The van der Waals surface area contributed by atoms with E-state index in [-0.39, 0.29) is 61.0 Å². The second kappa shape index (κ2) is 10.4. The summed E-state index contributed by atoms with van der Waals surface area (Å²) in [5.74, 6) is 0.0309. The molecule has 2 amide bonds. The molecule has 0 bridgehead atoms. The van der Waals surface area contributed by atoms with Crippen molar-refractivity contribution >= 4 is 39.3 Å². The number of aromatic nitrogens is 1. The van der Waals surface area contributed by atoms with Crippen LogP contribution in [0.3, 0.4) is 0 Å². The van der Waals surface area contributed by atoms with E-state index in [1.54, 1.807) is 41.1 Å². The van der Waals surface area contributed by atoms with Gasteiger partial charge in [-0.25, -0.2) is 13.4 Å². The van der Waals surface area contributed by atoms with Gasteiger partial charge in [0.1, 0.15) is 10.7 Å². The number of carbonyl (C=O) groups is 2. The molecule has 0 radical (unpaired) electrons. The number of piperazine rings is 1. The molecule has 11 heteroatoms. The minimum Gasteiger partial charge on any atom is -0.339 e. The van der Waals surface area contributed by atoms with E-state index < -0.39 is 10.0 Å². The highest BCUT2D eigenvalue weighted by atomic mass is 35.5. The Morgan fingerprint density at radius 3 is 2.41 bits per heavy atom. The molecule has 172 valence electrons. The highest BCUT2D eigenvalue weighted by Crippen LogP contribution is 2.25. The molecule has 32 heavy (non-hydrogen) atoms. The van der Waals surface area contributed by atoms with Gasteiger partial charge < -0.3 is 10.2 Å². The van der Waals surface area contributed by atoms with Crippen LogP contribution in [0.15, 0.2) is 47.4 Å². The standard InChI is InChI=1S/C21H26ClN5O4S/c1-16-6-5-9-19(23-16)24-20(28)14-25(2)15-21(29)26-10-12-27(13-11-26)32(30,31)18-8-4-3-7-17(18)22/h3-9H,10-15H2,1-2H3,(H,23,24,28). The first-order chi connectivity index (χ1) is 15.2. The van der Waals surface area contributed by atoms with E-state index in [1.165, 1.54) is 16.4 Å². The van der Waals surface area contributed by atoms with Gasteiger partial charge in [0.2, 0.25) is 21.8 Å². The Hall–Kier alpha value is -2.53. The molecule has 9 nitrogen and oxygen atoms in total.